The summed E-state index contributed by atoms with van der Waals surface area (Å²) in [5.74, 6) is 0. The lowest BCUT2D eigenvalue weighted by Gasteiger charge is -2.37. The molecule has 4 rings (SSSR count). The van der Waals surface area contributed by atoms with E-state index in [1.54, 1.807) is 29.8 Å². The lowest BCUT2D eigenvalue weighted by atomic mass is 10.1. The van der Waals surface area contributed by atoms with Gasteiger partial charge in [-0.3, -0.25) is 9.54 Å². The van der Waals surface area contributed by atoms with Crippen molar-refractivity contribution in [1.29, 1.82) is 0 Å². The molecule has 0 saturated carbocycles. The Morgan fingerprint density at radius 3 is 2.57 bits per heavy atom. The number of benzene rings is 2. The third-order valence-electron chi connectivity index (χ3n) is 4.58. The van der Waals surface area contributed by atoms with E-state index < -0.39 is 15.5 Å². The molecular formula is C20H17BrN2O3S2. The molecule has 144 valence electrons. The second kappa shape index (κ2) is 7.51. The Labute approximate surface area is 176 Å². The van der Waals surface area contributed by atoms with Gasteiger partial charge in [0.25, 0.3) is 10.1 Å². The van der Waals surface area contributed by atoms with E-state index in [1.165, 1.54) is 0 Å². The summed E-state index contributed by atoms with van der Waals surface area (Å²) in [5, 5.41) is -1.07. The van der Waals surface area contributed by atoms with E-state index in [1.807, 2.05) is 54.6 Å². The molecule has 0 spiro atoms. The van der Waals surface area contributed by atoms with Crippen molar-refractivity contribution < 1.29 is 13.0 Å². The quantitative estimate of drug-likeness (QED) is 0.484. The fourth-order valence-electron chi connectivity index (χ4n) is 3.36. The number of hydrogen-bond acceptors (Lipinski definition) is 5. The van der Waals surface area contributed by atoms with Gasteiger partial charge in [0, 0.05) is 26.0 Å². The maximum Gasteiger partial charge on any atom is 0.286 e. The smallest absolute Gasteiger partial charge is 0.286 e. The largest absolute Gasteiger partial charge is 0.320 e. The van der Waals surface area contributed by atoms with Gasteiger partial charge in [0.1, 0.15) is 0 Å². The average molecular weight is 477 g/mol. The molecule has 2 aromatic carbocycles. The summed E-state index contributed by atoms with van der Waals surface area (Å²) in [4.78, 5) is 8.04. The van der Waals surface area contributed by atoms with E-state index in [-0.39, 0.29) is 6.42 Å². The topological polar surface area (TPSA) is 70.5 Å². The summed E-state index contributed by atoms with van der Waals surface area (Å²) < 4.78 is 35.1. The molecule has 0 saturated heterocycles. The Bertz CT molecular complexity index is 1150. The Balaban J connectivity index is 1.94. The van der Waals surface area contributed by atoms with Gasteiger partial charge >= 0.3 is 0 Å². The molecule has 1 aromatic heterocycles. The van der Waals surface area contributed by atoms with Crippen LogP contribution in [0.1, 0.15) is 13.3 Å². The number of anilines is 2. The van der Waals surface area contributed by atoms with Gasteiger partial charge in [0.05, 0.1) is 17.1 Å². The van der Waals surface area contributed by atoms with E-state index in [4.69, 9.17) is 0 Å². The lowest BCUT2D eigenvalue weighted by molar-refractivity contribution is 0.464. The number of pyridine rings is 1. The number of nitrogens with zero attached hydrogens (tertiary/aromatic N) is 2. The zero-order chi connectivity index (χ0) is 19.9. The monoisotopic (exact) mass is 476 g/mol. The first kappa shape index (κ1) is 19.4. The zero-order valence-corrected chi connectivity index (χ0v) is 18.1. The first-order chi connectivity index (χ1) is 13.4. The first-order valence-corrected chi connectivity index (χ1v) is 11.8. The van der Waals surface area contributed by atoms with Gasteiger partial charge in [0.2, 0.25) is 0 Å². The minimum absolute atomic E-state index is 0.245. The number of halogens is 1. The summed E-state index contributed by atoms with van der Waals surface area (Å²) >= 11 is 5.11. The normalized spacial score (nSPS) is 14.3. The van der Waals surface area contributed by atoms with Crippen LogP contribution >= 0.6 is 27.7 Å². The Kier molecular flexibility index (Phi) is 5.22. The van der Waals surface area contributed by atoms with Gasteiger partial charge in [0.15, 0.2) is 5.37 Å². The average Bonchev–Trinajstić information content (AvgIpc) is 2.67. The molecule has 3 aromatic rings. The van der Waals surface area contributed by atoms with Crippen LogP contribution in [0.4, 0.5) is 11.4 Å². The van der Waals surface area contributed by atoms with Crippen LogP contribution < -0.4 is 4.90 Å². The molecule has 1 aliphatic heterocycles. The molecule has 0 radical (unpaired) electrons. The highest BCUT2D eigenvalue weighted by Crippen LogP contribution is 2.50. The summed E-state index contributed by atoms with van der Waals surface area (Å²) in [6.07, 6.45) is 1.96. The highest BCUT2D eigenvalue weighted by atomic mass is 79.9. The molecule has 1 unspecified atom stereocenters. The maximum atomic E-state index is 12.2. The maximum absolute atomic E-state index is 12.2. The van der Waals surface area contributed by atoms with Crippen LogP contribution in [0.2, 0.25) is 0 Å². The highest BCUT2D eigenvalue weighted by Gasteiger charge is 2.35. The van der Waals surface area contributed by atoms with Crippen molar-refractivity contribution in [2.75, 3.05) is 4.90 Å². The molecule has 0 fully saturated rings. The van der Waals surface area contributed by atoms with Crippen molar-refractivity contribution >= 4 is 49.2 Å². The van der Waals surface area contributed by atoms with Crippen LogP contribution in [0.3, 0.4) is 0 Å². The third kappa shape index (κ3) is 3.45. The first-order valence-electron chi connectivity index (χ1n) is 8.67. The van der Waals surface area contributed by atoms with E-state index in [0.29, 0.717) is 0 Å². The van der Waals surface area contributed by atoms with Crippen molar-refractivity contribution in [2.45, 2.75) is 28.5 Å². The summed E-state index contributed by atoms with van der Waals surface area (Å²) in [6, 6.07) is 17.2. The fourth-order valence-corrected chi connectivity index (χ4v) is 5.82. The Morgan fingerprint density at radius 1 is 1.11 bits per heavy atom. The van der Waals surface area contributed by atoms with Gasteiger partial charge in [-0.2, -0.15) is 8.42 Å². The van der Waals surface area contributed by atoms with Gasteiger partial charge in [-0.1, -0.05) is 36.9 Å². The van der Waals surface area contributed by atoms with Crippen molar-refractivity contribution in [2.24, 2.45) is 0 Å². The standard InChI is InChI=1S/C20H17BrN2O3S2/c1-2-19(28(24,25)26)23-15-7-3-4-8-17(15)27-18-10-9-13(12-16(18)23)20-14(21)6-5-11-22-20/h3-12,19H,2H2,1H3,(H,24,25,26). The molecule has 5 nitrogen and oxygen atoms in total. The second-order valence-electron chi connectivity index (χ2n) is 6.33. The van der Waals surface area contributed by atoms with Crippen LogP contribution in [0, 0.1) is 0 Å². The van der Waals surface area contributed by atoms with Crippen molar-refractivity contribution in [3.05, 3.63) is 65.3 Å². The molecule has 0 aliphatic carbocycles. The van der Waals surface area contributed by atoms with Crippen molar-refractivity contribution in [3.63, 3.8) is 0 Å². The molecule has 0 amide bonds. The fraction of sp³-hybridized carbons (Fsp3) is 0.150. The van der Waals surface area contributed by atoms with Crippen LogP contribution in [0.5, 0.6) is 0 Å². The SMILES string of the molecule is CCC(N1c2ccccc2Sc2ccc(-c3ncccc3Br)cc21)S(=O)(=O)O. The predicted molar refractivity (Wildman–Crippen MR) is 116 cm³/mol. The Hall–Kier alpha value is -1.87. The predicted octanol–water partition coefficient (Wildman–Crippen LogP) is 5.74. The third-order valence-corrected chi connectivity index (χ3v) is 7.58. The van der Waals surface area contributed by atoms with E-state index >= 15 is 0 Å². The number of fused-ring (bicyclic) bond motifs is 2. The number of para-hydroxylation sites is 1. The van der Waals surface area contributed by atoms with Gasteiger partial charge in [-0.05, 0) is 58.7 Å². The Morgan fingerprint density at radius 2 is 1.86 bits per heavy atom. The summed E-state index contributed by atoms with van der Waals surface area (Å²) in [7, 11) is -4.29. The molecule has 0 bridgehead atoms. The molecule has 2 heterocycles. The molecule has 1 aliphatic rings. The lowest BCUT2D eigenvalue weighted by Crippen LogP contribution is -2.38. The van der Waals surface area contributed by atoms with Crippen LogP contribution in [0.25, 0.3) is 11.3 Å². The van der Waals surface area contributed by atoms with E-state index in [2.05, 4.69) is 20.9 Å². The summed E-state index contributed by atoms with van der Waals surface area (Å²) in [6.45, 7) is 1.75. The van der Waals surface area contributed by atoms with Gasteiger partial charge < -0.3 is 4.90 Å². The van der Waals surface area contributed by atoms with Crippen LogP contribution in [-0.4, -0.2) is 23.3 Å². The minimum atomic E-state index is -4.29. The van der Waals surface area contributed by atoms with Gasteiger partial charge in [-0.25, -0.2) is 0 Å². The van der Waals surface area contributed by atoms with Crippen molar-refractivity contribution in [3.8, 4) is 11.3 Å². The highest BCUT2D eigenvalue weighted by molar-refractivity contribution is 9.10. The molecule has 1 N–H and O–H groups in total. The number of aromatic nitrogens is 1. The molecule has 1 atom stereocenters. The van der Waals surface area contributed by atoms with Gasteiger partial charge in [-0.15, -0.1) is 0 Å². The molecule has 28 heavy (non-hydrogen) atoms. The van der Waals surface area contributed by atoms with Crippen LogP contribution in [-0.2, 0) is 10.1 Å². The number of hydrogen-bond donors (Lipinski definition) is 1. The van der Waals surface area contributed by atoms with Crippen LogP contribution in [0.15, 0.2) is 75.1 Å². The molecular weight excluding hydrogens is 460 g/mol. The zero-order valence-electron chi connectivity index (χ0n) is 14.9. The number of rotatable bonds is 4. The van der Waals surface area contributed by atoms with Crippen molar-refractivity contribution in [1.82, 2.24) is 4.98 Å². The summed E-state index contributed by atoms with van der Waals surface area (Å²) in [5.41, 5.74) is 3.14. The van der Waals surface area contributed by atoms with E-state index in [9.17, 15) is 13.0 Å². The molecule has 8 heteroatoms. The minimum Gasteiger partial charge on any atom is -0.320 e. The second-order valence-corrected chi connectivity index (χ2v) is 9.85. The van der Waals surface area contributed by atoms with E-state index in [0.717, 1.165) is 36.9 Å².